The Labute approximate surface area is 138 Å². The highest BCUT2D eigenvalue weighted by molar-refractivity contribution is 7.89. The highest BCUT2D eigenvalue weighted by Gasteiger charge is 2.20. The molecule has 0 aliphatic carbocycles. The van der Waals surface area contributed by atoms with Gasteiger partial charge in [-0.15, -0.1) is 11.3 Å². The van der Waals surface area contributed by atoms with Gasteiger partial charge in [-0.3, -0.25) is 0 Å². The van der Waals surface area contributed by atoms with Crippen LogP contribution >= 0.6 is 22.9 Å². The summed E-state index contributed by atoms with van der Waals surface area (Å²) in [6.45, 7) is 0.108. The van der Waals surface area contributed by atoms with Crippen molar-refractivity contribution in [1.82, 2.24) is 4.72 Å². The molecule has 120 valence electrons. The molecule has 8 heteroatoms. The molecule has 0 bridgehead atoms. The number of benzene rings is 1. The summed E-state index contributed by atoms with van der Waals surface area (Å²) in [5, 5.41) is 12.1. The van der Waals surface area contributed by atoms with Crippen LogP contribution in [0.15, 0.2) is 40.6 Å². The van der Waals surface area contributed by atoms with Crippen molar-refractivity contribution in [2.45, 2.75) is 17.4 Å². The van der Waals surface area contributed by atoms with Crippen LogP contribution in [0.1, 0.15) is 17.4 Å². The van der Waals surface area contributed by atoms with Crippen molar-refractivity contribution in [3.05, 3.63) is 45.6 Å². The lowest BCUT2D eigenvalue weighted by atomic mass is 10.2. The van der Waals surface area contributed by atoms with Crippen molar-refractivity contribution in [2.75, 3.05) is 13.7 Å². The van der Waals surface area contributed by atoms with Gasteiger partial charge in [0.25, 0.3) is 0 Å². The van der Waals surface area contributed by atoms with Crippen LogP contribution in [0, 0.1) is 0 Å². The second-order valence-corrected chi connectivity index (χ2v) is 7.66. The molecule has 2 N–H and O–H groups in total. The fourth-order valence-electron chi connectivity index (χ4n) is 1.89. The number of hydrogen-bond donors (Lipinski definition) is 2. The quantitative estimate of drug-likeness (QED) is 0.795. The highest BCUT2D eigenvalue weighted by Crippen LogP contribution is 2.27. The molecule has 0 aliphatic rings. The third-order valence-electron chi connectivity index (χ3n) is 3.00. The first-order chi connectivity index (χ1) is 10.4. The van der Waals surface area contributed by atoms with Crippen LogP contribution in [0.4, 0.5) is 0 Å². The van der Waals surface area contributed by atoms with Gasteiger partial charge in [-0.1, -0.05) is 17.7 Å². The van der Waals surface area contributed by atoms with Gasteiger partial charge in [0.1, 0.15) is 10.6 Å². The summed E-state index contributed by atoms with van der Waals surface area (Å²) in [6.07, 6.45) is -0.410. The molecule has 1 unspecified atom stereocenters. The van der Waals surface area contributed by atoms with Crippen molar-refractivity contribution in [3.63, 3.8) is 0 Å². The first-order valence-corrected chi connectivity index (χ1v) is 9.23. The summed E-state index contributed by atoms with van der Waals surface area (Å²) < 4.78 is 32.1. The van der Waals surface area contributed by atoms with Crippen LogP contribution < -0.4 is 9.46 Å². The topological polar surface area (TPSA) is 75.6 Å². The molecule has 0 amide bonds. The minimum Gasteiger partial charge on any atom is -0.495 e. The second kappa shape index (κ2) is 7.43. The average molecular weight is 362 g/mol. The van der Waals surface area contributed by atoms with Crippen LogP contribution in [0.2, 0.25) is 5.02 Å². The Morgan fingerprint density at radius 3 is 2.82 bits per heavy atom. The number of ether oxygens (including phenoxy) is 1. The minimum absolute atomic E-state index is 0.0203. The van der Waals surface area contributed by atoms with Gasteiger partial charge in [0, 0.05) is 16.4 Å². The number of rotatable bonds is 7. The van der Waals surface area contributed by atoms with E-state index < -0.39 is 16.1 Å². The van der Waals surface area contributed by atoms with Crippen molar-refractivity contribution in [1.29, 1.82) is 0 Å². The van der Waals surface area contributed by atoms with Crippen LogP contribution in [0.25, 0.3) is 0 Å². The monoisotopic (exact) mass is 361 g/mol. The van der Waals surface area contributed by atoms with Gasteiger partial charge in [0.2, 0.25) is 10.0 Å². The van der Waals surface area contributed by atoms with E-state index >= 15 is 0 Å². The van der Waals surface area contributed by atoms with E-state index in [1.165, 1.54) is 30.6 Å². The van der Waals surface area contributed by atoms with Crippen LogP contribution in [-0.4, -0.2) is 27.2 Å². The van der Waals surface area contributed by atoms with Crippen molar-refractivity contribution in [3.8, 4) is 5.75 Å². The second-order valence-electron chi connectivity index (χ2n) is 4.51. The van der Waals surface area contributed by atoms with Crippen LogP contribution in [0.3, 0.4) is 0 Å². The lowest BCUT2D eigenvalue weighted by Gasteiger charge is -2.12. The number of aliphatic hydroxyl groups excluding tert-OH is 1. The molecule has 1 heterocycles. The van der Waals surface area contributed by atoms with Crippen molar-refractivity contribution >= 4 is 33.0 Å². The Kier molecular flexibility index (Phi) is 5.82. The standard InChI is InChI=1S/C14H16ClNO4S2/c1-20-12-5-4-10(15)9-14(12)22(18,19)16-7-6-11(17)13-3-2-8-21-13/h2-5,8-9,11,16-17H,6-7H2,1H3. The van der Waals surface area contributed by atoms with E-state index in [-0.39, 0.29) is 23.6 Å². The number of nitrogens with one attached hydrogen (secondary N) is 1. The zero-order valence-electron chi connectivity index (χ0n) is 11.8. The molecular weight excluding hydrogens is 346 g/mol. The van der Waals surface area contributed by atoms with Gasteiger partial charge in [0.05, 0.1) is 13.2 Å². The highest BCUT2D eigenvalue weighted by atomic mass is 35.5. The molecule has 0 fully saturated rings. The van der Waals surface area contributed by atoms with Crippen molar-refractivity contribution in [2.24, 2.45) is 0 Å². The van der Waals surface area contributed by atoms with Crippen LogP contribution in [-0.2, 0) is 10.0 Å². The van der Waals surface area contributed by atoms with Gasteiger partial charge in [-0.05, 0) is 36.1 Å². The molecular formula is C14H16ClNO4S2. The maximum atomic E-state index is 12.3. The van der Waals surface area contributed by atoms with E-state index in [1.54, 1.807) is 6.07 Å². The van der Waals surface area contributed by atoms with E-state index in [0.29, 0.717) is 5.02 Å². The summed E-state index contributed by atoms with van der Waals surface area (Å²) in [5.41, 5.74) is 0. The SMILES string of the molecule is COc1ccc(Cl)cc1S(=O)(=O)NCCC(O)c1cccs1. The summed E-state index contributed by atoms with van der Waals surface area (Å²) in [7, 11) is -2.37. The molecule has 1 atom stereocenters. The van der Waals surface area contributed by atoms with Crippen molar-refractivity contribution < 1.29 is 18.3 Å². The molecule has 22 heavy (non-hydrogen) atoms. The molecule has 1 aromatic heterocycles. The summed E-state index contributed by atoms with van der Waals surface area (Å²) in [4.78, 5) is 0.785. The van der Waals surface area contributed by atoms with E-state index in [4.69, 9.17) is 16.3 Å². The molecule has 1 aromatic carbocycles. The summed E-state index contributed by atoms with van der Waals surface area (Å²) in [5.74, 6) is 0.218. The van der Waals surface area contributed by atoms with Gasteiger partial charge >= 0.3 is 0 Å². The molecule has 0 spiro atoms. The van der Waals surface area contributed by atoms with Gasteiger partial charge < -0.3 is 9.84 Å². The molecule has 2 rings (SSSR count). The van der Waals surface area contributed by atoms with Crippen LogP contribution in [0.5, 0.6) is 5.75 Å². The van der Waals surface area contributed by atoms with Gasteiger partial charge in [-0.25, -0.2) is 13.1 Å². The molecule has 0 radical (unpaired) electrons. The zero-order chi connectivity index (χ0) is 16.2. The molecule has 0 saturated carbocycles. The van der Waals surface area contributed by atoms with E-state index in [0.717, 1.165) is 4.88 Å². The molecule has 5 nitrogen and oxygen atoms in total. The first kappa shape index (κ1) is 17.2. The molecule has 0 aliphatic heterocycles. The first-order valence-electron chi connectivity index (χ1n) is 6.48. The number of methoxy groups -OCH3 is 1. The van der Waals surface area contributed by atoms with E-state index in [9.17, 15) is 13.5 Å². The lowest BCUT2D eigenvalue weighted by Crippen LogP contribution is -2.26. The number of thiophene rings is 1. The Balaban J connectivity index is 2.04. The van der Waals surface area contributed by atoms with E-state index in [2.05, 4.69) is 4.72 Å². The van der Waals surface area contributed by atoms with Gasteiger partial charge in [-0.2, -0.15) is 0 Å². The lowest BCUT2D eigenvalue weighted by molar-refractivity contribution is 0.173. The number of aliphatic hydroxyl groups is 1. The largest absolute Gasteiger partial charge is 0.495 e. The van der Waals surface area contributed by atoms with Gasteiger partial charge in [0.15, 0.2) is 0 Å². The number of sulfonamides is 1. The summed E-state index contributed by atoms with van der Waals surface area (Å²) in [6, 6.07) is 8.03. The Morgan fingerprint density at radius 1 is 1.41 bits per heavy atom. The predicted octanol–water partition coefficient (Wildman–Crippen LogP) is 2.81. The minimum atomic E-state index is -3.76. The zero-order valence-corrected chi connectivity index (χ0v) is 14.2. The number of hydrogen-bond acceptors (Lipinski definition) is 5. The maximum absolute atomic E-state index is 12.3. The molecule has 0 saturated heterocycles. The molecule has 2 aromatic rings. The third-order valence-corrected chi connectivity index (χ3v) is 5.69. The Bertz CT molecular complexity index is 716. The Hall–Kier alpha value is -1.12. The predicted molar refractivity (Wildman–Crippen MR) is 87.1 cm³/mol. The number of halogens is 1. The summed E-state index contributed by atoms with van der Waals surface area (Å²) >= 11 is 7.27. The smallest absolute Gasteiger partial charge is 0.244 e. The fourth-order valence-corrected chi connectivity index (χ4v) is 4.12. The third kappa shape index (κ3) is 4.21. The maximum Gasteiger partial charge on any atom is 0.244 e. The normalized spacial score (nSPS) is 13.0. The average Bonchev–Trinajstić information content (AvgIpc) is 3.01. The van der Waals surface area contributed by atoms with E-state index in [1.807, 2.05) is 17.5 Å². The Morgan fingerprint density at radius 2 is 2.18 bits per heavy atom. The fraction of sp³-hybridized carbons (Fsp3) is 0.286.